The summed E-state index contributed by atoms with van der Waals surface area (Å²) in [6.45, 7) is 3.72. The van der Waals surface area contributed by atoms with Gasteiger partial charge < -0.3 is 14.5 Å². The molecule has 2 aliphatic heterocycles. The summed E-state index contributed by atoms with van der Waals surface area (Å²) in [6.07, 6.45) is 10.8. The predicted molar refractivity (Wildman–Crippen MR) is 81.3 cm³/mol. The van der Waals surface area contributed by atoms with Crippen molar-refractivity contribution in [2.75, 3.05) is 25.0 Å². The van der Waals surface area contributed by atoms with E-state index in [9.17, 15) is 0 Å². The van der Waals surface area contributed by atoms with Crippen LogP contribution in [-0.2, 0) is 11.3 Å². The Bertz CT molecular complexity index is 604. The molecule has 4 heterocycles. The second kappa shape index (κ2) is 5.70. The molecule has 2 saturated heterocycles. The Labute approximate surface area is 129 Å². The minimum Gasteiger partial charge on any atom is -0.472 e. The summed E-state index contributed by atoms with van der Waals surface area (Å²) >= 11 is 0. The van der Waals surface area contributed by atoms with Gasteiger partial charge in [0, 0.05) is 44.0 Å². The molecule has 2 aromatic heterocycles. The first-order valence-corrected chi connectivity index (χ1v) is 7.71. The van der Waals surface area contributed by atoms with Gasteiger partial charge in [0.1, 0.15) is 5.82 Å². The summed E-state index contributed by atoms with van der Waals surface area (Å²) in [5.41, 5.74) is 1.22. The molecule has 116 valence electrons. The van der Waals surface area contributed by atoms with Crippen LogP contribution < -0.4 is 5.32 Å². The van der Waals surface area contributed by atoms with Crippen LogP contribution in [0.4, 0.5) is 5.82 Å². The number of hydrogen-bond acceptors (Lipinski definition) is 6. The molecule has 0 radical (unpaired) electrons. The van der Waals surface area contributed by atoms with Crippen molar-refractivity contribution in [3.63, 3.8) is 0 Å². The molecule has 1 N–H and O–H groups in total. The van der Waals surface area contributed by atoms with E-state index in [1.807, 2.05) is 12.3 Å². The number of ether oxygens (including phenoxy) is 1. The molecule has 2 atom stereocenters. The zero-order valence-corrected chi connectivity index (χ0v) is 12.4. The summed E-state index contributed by atoms with van der Waals surface area (Å²) in [5, 5.41) is 3.42. The predicted octanol–water partition coefficient (Wildman–Crippen LogP) is 1.92. The molecule has 22 heavy (non-hydrogen) atoms. The van der Waals surface area contributed by atoms with Crippen LogP contribution in [-0.4, -0.2) is 46.2 Å². The largest absolute Gasteiger partial charge is 0.472 e. The standard InChI is InChI=1S/C16H20N4O2/c1-6-21-10-13(1)9-20-5-2-16(12-20)7-14(11-22-16)19-15-8-17-3-4-18-15/h1,3-4,6,8,10,14H,2,5,7,9,11-12H2,(H,18,19)/t14-,16+/m0/s1. The lowest BCUT2D eigenvalue weighted by Gasteiger charge is -2.23. The van der Waals surface area contributed by atoms with Crippen LogP contribution in [0, 0.1) is 0 Å². The summed E-state index contributed by atoms with van der Waals surface area (Å²) < 4.78 is 11.3. The van der Waals surface area contributed by atoms with E-state index in [-0.39, 0.29) is 5.60 Å². The van der Waals surface area contributed by atoms with Crippen molar-refractivity contribution in [1.82, 2.24) is 14.9 Å². The fourth-order valence-electron chi connectivity index (χ4n) is 3.51. The van der Waals surface area contributed by atoms with Crippen LogP contribution in [0.2, 0.25) is 0 Å². The van der Waals surface area contributed by atoms with Gasteiger partial charge in [-0.2, -0.15) is 0 Å². The van der Waals surface area contributed by atoms with E-state index in [1.54, 1.807) is 24.9 Å². The van der Waals surface area contributed by atoms with Crippen LogP contribution in [0.25, 0.3) is 0 Å². The minimum absolute atomic E-state index is 0.0103. The number of nitrogens with one attached hydrogen (secondary N) is 1. The Morgan fingerprint density at radius 1 is 1.41 bits per heavy atom. The number of nitrogens with zero attached hydrogens (tertiary/aromatic N) is 3. The number of rotatable bonds is 4. The number of likely N-dealkylation sites (tertiary alicyclic amines) is 1. The molecule has 2 aliphatic rings. The van der Waals surface area contributed by atoms with Gasteiger partial charge in [-0.1, -0.05) is 0 Å². The summed E-state index contributed by atoms with van der Waals surface area (Å²) in [6, 6.07) is 2.34. The van der Waals surface area contributed by atoms with Crippen LogP contribution in [0.3, 0.4) is 0 Å². The summed E-state index contributed by atoms with van der Waals surface area (Å²) in [5.74, 6) is 0.821. The third-order valence-electron chi connectivity index (χ3n) is 4.51. The monoisotopic (exact) mass is 300 g/mol. The highest BCUT2D eigenvalue weighted by Crippen LogP contribution is 2.36. The van der Waals surface area contributed by atoms with Crippen molar-refractivity contribution < 1.29 is 9.15 Å². The van der Waals surface area contributed by atoms with E-state index in [1.165, 1.54) is 5.56 Å². The highest BCUT2D eigenvalue weighted by molar-refractivity contribution is 5.32. The quantitative estimate of drug-likeness (QED) is 0.930. The van der Waals surface area contributed by atoms with Gasteiger partial charge in [0.2, 0.25) is 0 Å². The van der Waals surface area contributed by atoms with Gasteiger partial charge in [0.15, 0.2) is 0 Å². The summed E-state index contributed by atoms with van der Waals surface area (Å²) in [4.78, 5) is 10.8. The average Bonchev–Trinajstić information content (AvgIpc) is 3.25. The molecular weight excluding hydrogens is 280 g/mol. The second-order valence-electron chi connectivity index (χ2n) is 6.22. The maximum atomic E-state index is 6.16. The lowest BCUT2D eigenvalue weighted by Crippen LogP contribution is -2.33. The van der Waals surface area contributed by atoms with Crippen molar-refractivity contribution in [2.45, 2.75) is 31.0 Å². The maximum Gasteiger partial charge on any atom is 0.144 e. The SMILES string of the molecule is c1cnc(N[C@@H]2CO[C@]3(CCN(Cc4ccoc4)C3)C2)cn1. The number of anilines is 1. The Balaban J connectivity index is 1.34. The third kappa shape index (κ3) is 2.84. The second-order valence-corrected chi connectivity index (χ2v) is 6.22. The lowest BCUT2D eigenvalue weighted by atomic mass is 9.97. The van der Waals surface area contributed by atoms with E-state index in [0.717, 1.165) is 44.9 Å². The van der Waals surface area contributed by atoms with Gasteiger partial charge in [-0.05, 0) is 12.5 Å². The molecular formula is C16H20N4O2. The Morgan fingerprint density at radius 3 is 3.23 bits per heavy atom. The zero-order valence-electron chi connectivity index (χ0n) is 12.4. The van der Waals surface area contributed by atoms with E-state index in [2.05, 4.69) is 20.2 Å². The number of hydrogen-bond donors (Lipinski definition) is 1. The molecule has 0 bridgehead atoms. The topological polar surface area (TPSA) is 63.4 Å². The molecule has 0 unspecified atom stereocenters. The smallest absolute Gasteiger partial charge is 0.144 e. The Hall–Kier alpha value is -1.92. The Kier molecular flexibility index (Phi) is 3.56. The van der Waals surface area contributed by atoms with E-state index in [0.29, 0.717) is 6.04 Å². The van der Waals surface area contributed by atoms with Crippen molar-refractivity contribution in [1.29, 1.82) is 0 Å². The van der Waals surface area contributed by atoms with Crippen molar-refractivity contribution in [2.24, 2.45) is 0 Å². The van der Waals surface area contributed by atoms with E-state index < -0.39 is 0 Å². The van der Waals surface area contributed by atoms with E-state index in [4.69, 9.17) is 9.15 Å². The number of aromatic nitrogens is 2. The highest BCUT2D eigenvalue weighted by atomic mass is 16.5. The van der Waals surface area contributed by atoms with Crippen molar-refractivity contribution in [3.8, 4) is 0 Å². The first-order chi connectivity index (χ1) is 10.8. The fourth-order valence-corrected chi connectivity index (χ4v) is 3.51. The molecule has 0 aliphatic carbocycles. The minimum atomic E-state index is -0.0103. The van der Waals surface area contributed by atoms with Gasteiger partial charge in [0.25, 0.3) is 0 Å². The zero-order chi connectivity index (χ0) is 14.8. The van der Waals surface area contributed by atoms with Gasteiger partial charge in [0.05, 0.1) is 37.0 Å². The Morgan fingerprint density at radius 2 is 2.41 bits per heavy atom. The first kappa shape index (κ1) is 13.7. The van der Waals surface area contributed by atoms with Crippen LogP contribution in [0.15, 0.2) is 41.6 Å². The average molecular weight is 300 g/mol. The molecule has 2 aromatic rings. The fraction of sp³-hybridized carbons (Fsp3) is 0.500. The third-order valence-corrected chi connectivity index (χ3v) is 4.51. The van der Waals surface area contributed by atoms with Gasteiger partial charge in [-0.15, -0.1) is 0 Å². The molecule has 6 heteroatoms. The lowest BCUT2D eigenvalue weighted by molar-refractivity contribution is 0.0120. The molecule has 0 amide bonds. The molecule has 2 fully saturated rings. The van der Waals surface area contributed by atoms with Crippen LogP contribution in [0.5, 0.6) is 0 Å². The molecule has 0 saturated carbocycles. The van der Waals surface area contributed by atoms with Gasteiger partial charge in [-0.3, -0.25) is 9.88 Å². The van der Waals surface area contributed by atoms with Crippen molar-refractivity contribution in [3.05, 3.63) is 42.7 Å². The normalized spacial score (nSPS) is 28.5. The van der Waals surface area contributed by atoms with Crippen molar-refractivity contribution >= 4 is 5.82 Å². The van der Waals surface area contributed by atoms with Crippen LogP contribution >= 0.6 is 0 Å². The van der Waals surface area contributed by atoms with E-state index >= 15 is 0 Å². The summed E-state index contributed by atoms with van der Waals surface area (Å²) in [7, 11) is 0. The molecule has 4 rings (SSSR count). The highest BCUT2D eigenvalue weighted by Gasteiger charge is 2.45. The van der Waals surface area contributed by atoms with Gasteiger partial charge >= 0.3 is 0 Å². The molecule has 6 nitrogen and oxygen atoms in total. The molecule has 1 spiro atoms. The first-order valence-electron chi connectivity index (χ1n) is 7.71. The molecule has 0 aromatic carbocycles. The van der Waals surface area contributed by atoms with Gasteiger partial charge in [-0.25, -0.2) is 4.98 Å². The maximum absolute atomic E-state index is 6.16. The van der Waals surface area contributed by atoms with Crippen LogP contribution in [0.1, 0.15) is 18.4 Å². The number of furan rings is 1.